The van der Waals surface area contributed by atoms with E-state index in [1.54, 1.807) is 7.05 Å². The molecule has 1 N–H and O–H groups in total. The van der Waals surface area contributed by atoms with Crippen LogP contribution >= 0.6 is 0 Å². The first-order valence-electron chi connectivity index (χ1n) is 9.07. The number of nitrogens with zero attached hydrogens (tertiary/aromatic N) is 6. The lowest BCUT2D eigenvalue weighted by Gasteiger charge is -2.08. The van der Waals surface area contributed by atoms with Gasteiger partial charge in [0.15, 0.2) is 5.65 Å². The molecule has 1 amide bonds. The highest BCUT2D eigenvalue weighted by atomic mass is 19.4. The highest BCUT2D eigenvalue weighted by molar-refractivity contribution is 5.79. The van der Waals surface area contributed by atoms with Gasteiger partial charge in [-0.05, 0) is 6.07 Å². The molecule has 1 atom stereocenters. The first-order valence-corrected chi connectivity index (χ1v) is 9.07. The molecule has 1 unspecified atom stereocenters. The van der Waals surface area contributed by atoms with Crippen LogP contribution in [-0.4, -0.2) is 51.0 Å². The van der Waals surface area contributed by atoms with Gasteiger partial charge < -0.3 is 10.2 Å². The monoisotopic (exact) mass is 443 g/mol. The molecule has 0 radical (unpaired) electrons. The maximum Gasteiger partial charge on any atom is 0.394 e. The van der Waals surface area contributed by atoms with Crippen LogP contribution in [0.1, 0.15) is 36.3 Å². The lowest BCUT2D eigenvalue weighted by molar-refractivity contribution is -0.127. The molecule has 0 bridgehead atoms. The predicted molar refractivity (Wildman–Crippen MR) is 101 cm³/mol. The first-order chi connectivity index (χ1) is 14.6. The van der Waals surface area contributed by atoms with Crippen molar-refractivity contribution in [1.29, 1.82) is 0 Å². The number of carbonyl (C=O) groups excluding carboxylic acids is 1. The van der Waals surface area contributed by atoms with Gasteiger partial charge in [0.1, 0.15) is 5.69 Å². The fourth-order valence-corrected chi connectivity index (χ4v) is 3.17. The standard InChI is InChI=1S/C12H11F3N4O.C6H7F2N3/c1-7-5-18(6-20)9-4-16-10-2-8(3-12(13,14)15)17-19(10)11(7)9;1-9-4-2-5(6(7)8)11-10-3-4/h2,4,6-7H,3,5H2,1H3;2-3,6H,1H3,(H,9,11). The number of nitrogens with one attached hydrogen (secondary N) is 1. The largest absolute Gasteiger partial charge is 0.394 e. The summed E-state index contributed by atoms with van der Waals surface area (Å²) in [4.78, 5) is 16.5. The average Bonchev–Trinajstić information content (AvgIpc) is 3.26. The lowest BCUT2D eigenvalue weighted by Crippen LogP contribution is -2.18. The van der Waals surface area contributed by atoms with E-state index < -0.39 is 19.0 Å². The van der Waals surface area contributed by atoms with E-state index in [0.29, 0.717) is 30.0 Å². The van der Waals surface area contributed by atoms with E-state index in [1.807, 2.05) is 6.92 Å². The molecule has 0 saturated heterocycles. The molecule has 13 heteroatoms. The zero-order valence-corrected chi connectivity index (χ0v) is 16.4. The van der Waals surface area contributed by atoms with Gasteiger partial charge in [0.05, 0.1) is 41.6 Å². The number of rotatable bonds is 4. The normalized spacial score (nSPS) is 15.6. The molecule has 1 aliphatic rings. The van der Waals surface area contributed by atoms with E-state index in [2.05, 4.69) is 25.6 Å². The Morgan fingerprint density at radius 2 is 2.03 bits per heavy atom. The van der Waals surface area contributed by atoms with Crippen molar-refractivity contribution in [3.8, 4) is 0 Å². The van der Waals surface area contributed by atoms with Crippen molar-refractivity contribution in [2.75, 3.05) is 23.8 Å². The van der Waals surface area contributed by atoms with Gasteiger partial charge in [-0.2, -0.15) is 23.4 Å². The van der Waals surface area contributed by atoms with Gasteiger partial charge in [-0.3, -0.25) is 4.79 Å². The Labute approximate surface area is 173 Å². The summed E-state index contributed by atoms with van der Waals surface area (Å²) >= 11 is 0. The molecule has 0 aromatic carbocycles. The molecule has 0 spiro atoms. The van der Waals surface area contributed by atoms with Crippen molar-refractivity contribution in [3.05, 3.63) is 41.6 Å². The average molecular weight is 443 g/mol. The predicted octanol–water partition coefficient (Wildman–Crippen LogP) is 3.37. The van der Waals surface area contributed by atoms with E-state index in [-0.39, 0.29) is 17.3 Å². The van der Waals surface area contributed by atoms with Crippen LogP contribution in [0.3, 0.4) is 0 Å². The number of carbonyl (C=O) groups is 1. The van der Waals surface area contributed by atoms with Crippen LogP contribution in [0.5, 0.6) is 0 Å². The summed E-state index contributed by atoms with van der Waals surface area (Å²) in [5, 5.41) is 13.3. The smallest absolute Gasteiger partial charge is 0.387 e. The Kier molecular flexibility index (Phi) is 6.32. The van der Waals surface area contributed by atoms with Gasteiger partial charge in [0.25, 0.3) is 6.43 Å². The molecule has 3 aromatic heterocycles. The molecule has 3 aromatic rings. The molecule has 4 rings (SSSR count). The molecule has 4 heterocycles. The second-order valence-electron chi connectivity index (χ2n) is 6.80. The van der Waals surface area contributed by atoms with Crippen LogP contribution in [0.4, 0.5) is 33.3 Å². The number of aromatic nitrogens is 5. The Morgan fingerprint density at radius 3 is 2.65 bits per heavy atom. The number of hydrogen-bond donors (Lipinski definition) is 1. The van der Waals surface area contributed by atoms with Crippen molar-refractivity contribution >= 4 is 23.4 Å². The molecule has 0 saturated carbocycles. The van der Waals surface area contributed by atoms with Gasteiger partial charge in [0.2, 0.25) is 6.41 Å². The molecule has 0 aliphatic carbocycles. The number of hydrogen-bond acceptors (Lipinski definition) is 6. The second-order valence-corrected chi connectivity index (χ2v) is 6.80. The van der Waals surface area contributed by atoms with Crippen LogP contribution < -0.4 is 10.2 Å². The van der Waals surface area contributed by atoms with Crippen LogP contribution in [0, 0.1) is 0 Å². The van der Waals surface area contributed by atoms with E-state index in [4.69, 9.17) is 0 Å². The van der Waals surface area contributed by atoms with E-state index in [0.717, 1.165) is 5.69 Å². The van der Waals surface area contributed by atoms with Gasteiger partial charge in [-0.15, -0.1) is 5.10 Å². The number of fused-ring (bicyclic) bond motifs is 3. The van der Waals surface area contributed by atoms with E-state index in [9.17, 15) is 26.7 Å². The van der Waals surface area contributed by atoms with Gasteiger partial charge in [-0.25, -0.2) is 18.3 Å². The summed E-state index contributed by atoms with van der Waals surface area (Å²) in [6.45, 7) is 2.38. The minimum absolute atomic E-state index is 0.000614. The van der Waals surface area contributed by atoms with Crippen LogP contribution in [0.2, 0.25) is 0 Å². The summed E-state index contributed by atoms with van der Waals surface area (Å²) in [5.41, 5.74) is 1.84. The molecule has 8 nitrogen and oxygen atoms in total. The minimum Gasteiger partial charge on any atom is -0.387 e. The first kappa shape index (κ1) is 22.3. The Hall–Kier alpha value is -3.38. The van der Waals surface area contributed by atoms with Crippen molar-refractivity contribution in [3.63, 3.8) is 0 Å². The third kappa shape index (κ3) is 5.03. The SMILES string of the molecule is CC1CN(C=O)c2cnc3cc(CC(F)(F)F)nn3c21.CNc1cnnc(C(F)F)c1. The fraction of sp³-hybridized carbons (Fsp3) is 0.389. The Morgan fingerprint density at radius 1 is 1.29 bits per heavy atom. The van der Waals surface area contributed by atoms with E-state index >= 15 is 0 Å². The third-order valence-electron chi connectivity index (χ3n) is 4.49. The third-order valence-corrected chi connectivity index (χ3v) is 4.49. The lowest BCUT2D eigenvalue weighted by atomic mass is 10.1. The molecular weight excluding hydrogens is 425 g/mol. The molecule has 1 aliphatic heterocycles. The number of halogens is 5. The topological polar surface area (TPSA) is 88.3 Å². The maximum absolute atomic E-state index is 12.4. The van der Waals surface area contributed by atoms with E-state index in [1.165, 1.54) is 33.9 Å². The van der Waals surface area contributed by atoms with Gasteiger partial charge in [0, 0.05) is 25.6 Å². The zero-order chi connectivity index (χ0) is 22.8. The summed E-state index contributed by atoms with van der Waals surface area (Å²) in [6.07, 6.45) is -4.38. The van der Waals surface area contributed by atoms with Crippen LogP contribution in [-0.2, 0) is 11.2 Å². The number of alkyl halides is 5. The fourth-order valence-electron chi connectivity index (χ4n) is 3.17. The molecule has 31 heavy (non-hydrogen) atoms. The highest BCUT2D eigenvalue weighted by Gasteiger charge is 2.32. The van der Waals surface area contributed by atoms with Crippen molar-refractivity contribution in [2.45, 2.75) is 31.9 Å². The summed E-state index contributed by atoms with van der Waals surface area (Å²) in [6, 6.07) is 2.59. The van der Waals surface area contributed by atoms with Gasteiger partial charge >= 0.3 is 6.18 Å². The Bertz CT molecular complexity index is 1070. The maximum atomic E-state index is 12.4. The minimum atomic E-state index is -4.30. The summed E-state index contributed by atoms with van der Waals surface area (Å²) in [7, 11) is 1.63. The Balaban J connectivity index is 0.000000210. The molecular formula is C18H18F5N7O. The second kappa shape index (κ2) is 8.78. The molecule has 0 fully saturated rings. The zero-order valence-electron chi connectivity index (χ0n) is 16.4. The van der Waals surface area contributed by atoms with Crippen molar-refractivity contribution in [2.24, 2.45) is 0 Å². The van der Waals surface area contributed by atoms with Crippen molar-refractivity contribution in [1.82, 2.24) is 24.8 Å². The van der Waals surface area contributed by atoms with Crippen LogP contribution in [0.25, 0.3) is 5.65 Å². The number of amides is 1. The number of anilines is 2. The summed E-state index contributed by atoms with van der Waals surface area (Å²) < 4.78 is 62.6. The molecule has 166 valence electrons. The van der Waals surface area contributed by atoms with Crippen LogP contribution in [0.15, 0.2) is 24.5 Å². The van der Waals surface area contributed by atoms with Gasteiger partial charge in [-0.1, -0.05) is 6.92 Å². The van der Waals surface area contributed by atoms with Crippen molar-refractivity contribution < 1.29 is 26.7 Å². The summed E-state index contributed by atoms with van der Waals surface area (Å²) in [5.74, 6) is -0.000614. The highest BCUT2D eigenvalue weighted by Crippen LogP contribution is 2.35. The quantitative estimate of drug-likeness (QED) is 0.492.